The van der Waals surface area contributed by atoms with Gasteiger partial charge in [-0.2, -0.15) is 18.3 Å². The maximum atomic E-state index is 12.5. The molecule has 2 aromatic rings. The highest BCUT2D eigenvalue weighted by Gasteiger charge is 2.32. The van der Waals surface area contributed by atoms with Crippen molar-refractivity contribution in [3.63, 3.8) is 0 Å². The molecular formula is C10H9F3N6. The second-order valence-corrected chi connectivity index (χ2v) is 3.78. The molecule has 0 spiro atoms. The molecule has 0 saturated heterocycles. The van der Waals surface area contributed by atoms with Crippen molar-refractivity contribution in [2.75, 3.05) is 0 Å². The van der Waals surface area contributed by atoms with Crippen molar-refractivity contribution in [1.29, 1.82) is 5.41 Å². The number of hydrogen-bond acceptors (Lipinski definition) is 4. The number of amidine groups is 1. The fourth-order valence-electron chi connectivity index (χ4n) is 1.37. The largest absolute Gasteiger partial charge is 0.419 e. The molecule has 0 aromatic carbocycles. The third-order valence-electron chi connectivity index (χ3n) is 2.23. The van der Waals surface area contributed by atoms with Crippen LogP contribution >= 0.6 is 0 Å². The first-order valence-electron chi connectivity index (χ1n) is 5.09. The van der Waals surface area contributed by atoms with E-state index in [9.17, 15) is 13.2 Å². The molecule has 0 saturated carbocycles. The minimum absolute atomic E-state index is 0.0688. The Morgan fingerprint density at radius 3 is 2.58 bits per heavy atom. The van der Waals surface area contributed by atoms with E-state index in [1.165, 1.54) is 6.07 Å². The van der Waals surface area contributed by atoms with Crippen molar-refractivity contribution in [1.82, 2.24) is 19.7 Å². The van der Waals surface area contributed by atoms with E-state index in [1.54, 1.807) is 6.92 Å². The Labute approximate surface area is 105 Å². The predicted octanol–water partition coefficient (Wildman–Crippen LogP) is 1.27. The summed E-state index contributed by atoms with van der Waals surface area (Å²) >= 11 is 0. The highest BCUT2D eigenvalue weighted by Crippen LogP contribution is 2.28. The highest BCUT2D eigenvalue weighted by molar-refractivity contribution is 5.93. The van der Waals surface area contributed by atoms with Gasteiger partial charge in [0.1, 0.15) is 11.5 Å². The Morgan fingerprint density at radius 1 is 1.37 bits per heavy atom. The Kier molecular flexibility index (Phi) is 2.97. The number of aromatic nitrogens is 4. The van der Waals surface area contributed by atoms with Crippen LogP contribution in [0.5, 0.6) is 0 Å². The molecule has 2 heterocycles. The van der Waals surface area contributed by atoms with Gasteiger partial charge in [-0.1, -0.05) is 0 Å². The van der Waals surface area contributed by atoms with Gasteiger partial charge in [-0.3, -0.25) is 5.41 Å². The van der Waals surface area contributed by atoms with Crippen molar-refractivity contribution in [2.45, 2.75) is 13.1 Å². The zero-order valence-electron chi connectivity index (χ0n) is 9.73. The zero-order chi connectivity index (χ0) is 14.2. The molecule has 9 heteroatoms. The topological polar surface area (TPSA) is 93.5 Å². The molecule has 0 atom stereocenters. The van der Waals surface area contributed by atoms with Crippen molar-refractivity contribution in [3.05, 3.63) is 35.4 Å². The van der Waals surface area contributed by atoms with Crippen molar-refractivity contribution < 1.29 is 13.2 Å². The predicted molar refractivity (Wildman–Crippen MR) is 59.9 cm³/mol. The molecule has 0 amide bonds. The summed E-state index contributed by atoms with van der Waals surface area (Å²) in [5.41, 5.74) is 4.99. The summed E-state index contributed by atoms with van der Waals surface area (Å²) in [6.07, 6.45) is -3.02. The van der Waals surface area contributed by atoms with Gasteiger partial charge in [-0.05, 0) is 13.0 Å². The summed E-state index contributed by atoms with van der Waals surface area (Å²) in [6.45, 7) is 1.62. The Morgan fingerprint density at radius 2 is 2.05 bits per heavy atom. The average molecular weight is 270 g/mol. The van der Waals surface area contributed by atoms with Gasteiger partial charge >= 0.3 is 6.18 Å². The van der Waals surface area contributed by atoms with Crippen LogP contribution < -0.4 is 5.73 Å². The lowest BCUT2D eigenvalue weighted by atomic mass is 10.3. The molecule has 0 bridgehead atoms. The Hall–Kier alpha value is -2.45. The summed E-state index contributed by atoms with van der Waals surface area (Å²) in [4.78, 5) is 7.82. The van der Waals surface area contributed by atoms with Crippen LogP contribution in [0.2, 0.25) is 0 Å². The minimum Gasteiger partial charge on any atom is -0.382 e. The van der Waals surface area contributed by atoms with E-state index in [4.69, 9.17) is 11.1 Å². The highest BCUT2D eigenvalue weighted by atomic mass is 19.4. The van der Waals surface area contributed by atoms with Crippen LogP contribution in [0, 0.1) is 12.3 Å². The fourth-order valence-corrected chi connectivity index (χ4v) is 1.37. The smallest absolute Gasteiger partial charge is 0.382 e. The van der Waals surface area contributed by atoms with Crippen LogP contribution in [0.1, 0.15) is 17.0 Å². The maximum absolute atomic E-state index is 12.5. The molecule has 2 rings (SSSR count). The summed E-state index contributed by atoms with van der Waals surface area (Å²) in [5.74, 6) is -0.365. The van der Waals surface area contributed by atoms with Crippen LogP contribution in [0.3, 0.4) is 0 Å². The van der Waals surface area contributed by atoms with Crippen LogP contribution in [0.15, 0.2) is 18.5 Å². The van der Waals surface area contributed by atoms with Crippen LogP contribution in [0.4, 0.5) is 13.2 Å². The molecule has 0 unspecified atom stereocenters. The molecule has 0 aliphatic heterocycles. The first-order valence-corrected chi connectivity index (χ1v) is 5.09. The van der Waals surface area contributed by atoms with Crippen molar-refractivity contribution >= 4 is 5.84 Å². The van der Waals surface area contributed by atoms with Gasteiger partial charge in [0, 0.05) is 11.9 Å². The molecule has 3 N–H and O–H groups in total. The number of nitrogens with zero attached hydrogens (tertiary/aromatic N) is 4. The van der Waals surface area contributed by atoms with Gasteiger partial charge in [0.05, 0.1) is 11.8 Å². The van der Waals surface area contributed by atoms with Crippen molar-refractivity contribution in [3.8, 4) is 5.95 Å². The van der Waals surface area contributed by atoms with E-state index >= 15 is 0 Å². The molecule has 0 radical (unpaired) electrons. The molecule has 0 fully saturated rings. The van der Waals surface area contributed by atoms with E-state index < -0.39 is 11.7 Å². The summed E-state index contributed by atoms with van der Waals surface area (Å²) in [5, 5.41) is 10.8. The summed E-state index contributed by atoms with van der Waals surface area (Å²) < 4.78 is 38.3. The van der Waals surface area contributed by atoms with Crippen LogP contribution in [-0.4, -0.2) is 25.6 Å². The molecular weight excluding hydrogens is 261 g/mol. The lowest BCUT2D eigenvalue weighted by molar-refractivity contribution is -0.137. The first kappa shape index (κ1) is 13.0. The third-order valence-corrected chi connectivity index (χ3v) is 2.23. The molecule has 6 nitrogen and oxygen atoms in total. The monoisotopic (exact) mass is 270 g/mol. The lowest BCUT2D eigenvalue weighted by Gasteiger charge is -2.04. The average Bonchev–Trinajstić information content (AvgIpc) is 2.76. The quantitative estimate of drug-likeness (QED) is 0.634. The van der Waals surface area contributed by atoms with Crippen LogP contribution in [0.25, 0.3) is 5.95 Å². The van der Waals surface area contributed by atoms with E-state index in [1.807, 2.05) is 0 Å². The normalized spacial score (nSPS) is 11.6. The maximum Gasteiger partial charge on any atom is 0.419 e. The van der Waals surface area contributed by atoms with Gasteiger partial charge in [0.2, 0.25) is 0 Å². The Bertz CT molecular complexity index is 630. The van der Waals surface area contributed by atoms with Gasteiger partial charge in [-0.25, -0.2) is 14.6 Å². The molecule has 2 aromatic heterocycles. The van der Waals surface area contributed by atoms with Gasteiger partial charge in [0.15, 0.2) is 0 Å². The van der Waals surface area contributed by atoms with Gasteiger partial charge in [-0.15, -0.1) is 0 Å². The third kappa shape index (κ3) is 2.69. The van der Waals surface area contributed by atoms with Crippen molar-refractivity contribution in [2.24, 2.45) is 5.73 Å². The SMILES string of the molecule is Cc1cc(C(=N)N)nc(-n2cc(C(F)(F)F)cn2)n1. The molecule has 100 valence electrons. The first-order chi connectivity index (χ1) is 8.77. The van der Waals surface area contributed by atoms with E-state index in [0.29, 0.717) is 11.9 Å². The number of aryl methyl sites for hydroxylation is 1. The Balaban J connectivity index is 2.47. The second-order valence-electron chi connectivity index (χ2n) is 3.78. The standard InChI is InChI=1S/C10H9F3N6/c1-5-2-7(8(14)15)18-9(17-5)19-4-6(3-16-19)10(11,12)13/h2-4H,1H3,(H3,14,15). The van der Waals surface area contributed by atoms with Gasteiger partial charge < -0.3 is 5.73 Å². The number of halogens is 3. The van der Waals surface area contributed by atoms with E-state index in [2.05, 4.69) is 15.1 Å². The fraction of sp³-hybridized carbons (Fsp3) is 0.200. The number of rotatable bonds is 2. The summed E-state index contributed by atoms with van der Waals surface area (Å²) in [7, 11) is 0. The number of nitrogen functional groups attached to an aromatic ring is 1. The second kappa shape index (κ2) is 4.34. The zero-order valence-corrected chi connectivity index (χ0v) is 9.73. The van der Waals surface area contributed by atoms with Gasteiger partial charge in [0.25, 0.3) is 5.95 Å². The molecule has 0 aliphatic rings. The number of hydrogen-bond donors (Lipinski definition) is 2. The number of nitrogens with one attached hydrogen (secondary N) is 1. The van der Waals surface area contributed by atoms with Crippen LogP contribution in [-0.2, 0) is 6.18 Å². The molecule has 0 aliphatic carbocycles. The van der Waals surface area contributed by atoms with E-state index in [-0.39, 0.29) is 17.5 Å². The van der Waals surface area contributed by atoms with E-state index in [0.717, 1.165) is 10.9 Å². The number of alkyl halides is 3. The summed E-state index contributed by atoms with van der Waals surface area (Å²) in [6, 6.07) is 1.46. The lowest BCUT2D eigenvalue weighted by Crippen LogP contribution is -2.16. The minimum atomic E-state index is -4.48. The molecule has 19 heavy (non-hydrogen) atoms. The number of nitrogens with two attached hydrogens (primary N) is 1.